The summed E-state index contributed by atoms with van der Waals surface area (Å²) in [6.07, 6.45) is 4.81. The smallest absolute Gasteiger partial charge is 0.0827 e. The van der Waals surface area contributed by atoms with Crippen LogP contribution < -0.4 is 5.32 Å². The number of fused-ring (bicyclic) bond motifs is 1. The Balaban J connectivity index is 1.47. The Hall–Kier alpha value is -0.970. The van der Waals surface area contributed by atoms with E-state index in [9.17, 15) is 0 Å². The lowest BCUT2D eigenvalue weighted by Crippen LogP contribution is -2.49. The number of aromatic nitrogens is 1. The minimum atomic E-state index is 0.279. The third-order valence-electron chi connectivity index (χ3n) is 4.24. The molecule has 1 aromatic rings. The third-order valence-corrected chi connectivity index (χ3v) is 4.24. The normalized spacial score (nSPS) is 29.1. The molecule has 0 aromatic carbocycles. The van der Waals surface area contributed by atoms with Crippen LogP contribution in [-0.4, -0.2) is 48.3 Å². The molecule has 0 amide bonds. The van der Waals surface area contributed by atoms with Crippen LogP contribution in [-0.2, 0) is 4.74 Å². The first kappa shape index (κ1) is 13.0. The van der Waals surface area contributed by atoms with Crippen molar-refractivity contribution in [1.29, 1.82) is 0 Å². The molecule has 2 fully saturated rings. The number of ether oxygens (including phenoxy) is 1. The molecule has 0 radical (unpaired) electrons. The van der Waals surface area contributed by atoms with Crippen molar-refractivity contribution in [2.24, 2.45) is 0 Å². The summed E-state index contributed by atoms with van der Waals surface area (Å²) in [4.78, 5) is 6.97. The Bertz CT molecular complexity index is 398. The topological polar surface area (TPSA) is 37.4 Å². The van der Waals surface area contributed by atoms with Gasteiger partial charge in [-0.25, -0.2) is 0 Å². The summed E-state index contributed by atoms with van der Waals surface area (Å²) < 4.78 is 5.95. The van der Waals surface area contributed by atoms with Crippen LogP contribution in [0.5, 0.6) is 0 Å². The second-order valence-corrected chi connectivity index (χ2v) is 5.63. The minimum Gasteiger partial charge on any atom is -0.374 e. The summed E-state index contributed by atoms with van der Waals surface area (Å²) in [6.45, 7) is 6.29. The minimum absolute atomic E-state index is 0.279. The molecule has 3 rings (SSSR count). The standard InChI is InChI=1S/C15H23N3O/c1-12(15-6-2-3-7-16-15)17-9-14-10-18-8-4-5-13(18)11-19-14/h2-3,6-7,12-14,17H,4-5,8-11H2,1H3. The van der Waals surface area contributed by atoms with Crippen LogP contribution in [0.3, 0.4) is 0 Å². The van der Waals surface area contributed by atoms with E-state index in [4.69, 9.17) is 4.74 Å². The molecule has 0 aliphatic carbocycles. The molecule has 2 saturated heterocycles. The lowest BCUT2D eigenvalue weighted by Gasteiger charge is -2.35. The van der Waals surface area contributed by atoms with Gasteiger partial charge in [-0.15, -0.1) is 0 Å². The molecule has 0 saturated carbocycles. The summed E-state index contributed by atoms with van der Waals surface area (Å²) in [6, 6.07) is 7.02. The quantitative estimate of drug-likeness (QED) is 0.893. The van der Waals surface area contributed by atoms with Gasteiger partial charge in [-0.2, -0.15) is 0 Å². The zero-order chi connectivity index (χ0) is 13.1. The monoisotopic (exact) mass is 261 g/mol. The Labute approximate surface area is 115 Å². The lowest BCUT2D eigenvalue weighted by atomic mass is 10.1. The lowest BCUT2D eigenvalue weighted by molar-refractivity contribution is -0.0477. The highest BCUT2D eigenvalue weighted by Gasteiger charge is 2.32. The Morgan fingerprint density at radius 2 is 2.47 bits per heavy atom. The van der Waals surface area contributed by atoms with Crippen molar-refractivity contribution in [1.82, 2.24) is 15.2 Å². The van der Waals surface area contributed by atoms with E-state index in [-0.39, 0.29) is 6.04 Å². The fourth-order valence-electron chi connectivity index (χ4n) is 3.05. The van der Waals surface area contributed by atoms with Crippen molar-refractivity contribution in [3.63, 3.8) is 0 Å². The number of morpholine rings is 1. The Morgan fingerprint density at radius 1 is 1.53 bits per heavy atom. The number of rotatable bonds is 4. The fourth-order valence-corrected chi connectivity index (χ4v) is 3.05. The van der Waals surface area contributed by atoms with Crippen molar-refractivity contribution in [2.75, 3.05) is 26.2 Å². The van der Waals surface area contributed by atoms with Gasteiger partial charge in [0.2, 0.25) is 0 Å². The van der Waals surface area contributed by atoms with E-state index in [0.29, 0.717) is 12.1 Å². The van der Waals surface area contributed by atoms with E-state index < -0.39 is 0 Å². The van der Waals surface area contributed by atoms with E-state index in [1.54, 1.807) is 0 Å². The van der Waals surface area contributed by atoms with Gasteiger partial charge >= 0.3 is 0 Å². The van der Waals surface area contributed by atoms with Crippen molar-refractivity contribution in [3.05, 3.63) is 30.1 Å². The molecule has 1 aromatic heterocycles. The maximum Gasteiger partial charge on any atom is 0.0827 e. The summed E-state index contributed by atoms with van der Waals surface area (Å²) in [7, 11) is 0. The average Bonchev–Trinajstić information content (AvgIpc) is 2.93. The molecule has 4 nitrogen and oxygen atoms in total. The van der Waals surface area contributed by atoms with E-state index >= 15 is 0 Å². The SMILES string of the molecule is CC(NCC1CN2CCCC2CO1)c1ccccn1. The number of hydrogen-bond donors (Lipinski definition) is 1. The van der Waals surface area contributed by atoms with Gasteiger partial charge in [-0.1, -0.05) is 6.07 Å². The van der Waals surface area contributed by atoms with Crippen LogP contribution >= 0.6 is 0 Å². The highest BCUT2D eigenvalue weighted by Crippen LogP contribution is 2.22. The van der Waals surface area contributed by atoms with Crippen LogP contribution in [0.2, 0.25) is 0 Å². The molecule has 3 atom stereocenters. The highest BCUT2D eigenvalue weighted by atomic mass is 16.5. The second kappa shape index (κ2) is 5.99. The molecule has 3 heterocycles. The molecular formula is C15H23N3O. The van der Waals surface area contributed by atoms with Gasteiger partial charge in [0.05, 0.1) is 18.4 Å². The second-order valence-electron chi connectivity index (χ2n) is 5.63. The molecule has 3 unspecified atom stereocenters. The van der Waals surface area contributed by atoms with E-state index in [1.807, 2.05) is 18.3 Å². The first-order valence-corrected chi connectivity index (χ1v) is 7.33. The molecule has 19 heavy (non-hydrogen) atoms. The summed E-state index contributed by atoms with van der Waals surface area (Å²) in [5.74, 6) is 0. The van der Waals surface area contributed by atoms with Gasteiger partial charge in [0.25, 0.3) is 0 Å². The van der Waals surface area contributed by atoms with Gasteiger partial charge in [-0.3, -0.25) is 9.88 Å². The largest absolute Gasteiger partial charge is 0.374 e. The van der Waals surface area contributed by atoms with Crippen molar-refractivity contribution in [2.45, 2.75) is 38.0 Å². The maximum absolute atomic E-state index is 5.95. The first-order chi connectivity index (χ1) is 9.33. The molecular weight excluding hydrogens is 238 g/mol. The number of pyridine rings is 1. The van der Waals surface area contributed by atoms with Gasteiger partial charge in [0.15, 0.2) is 0 Å². The molecule has 2 aliphatic rings. The molecule has 4 heteroatoms. The van der Waals surface area contributed by atoms with Crippen LogP contribution in [0.15, 0.2) is 24.4 Å². The molecule has 104 valence electrons. The van der Waals surface area contributed by atoms with E-state index in [2.05, 4.69) is 28.2 Å². The molecule has 2 aliphatic heterocycles. The first-order valence-electron chi connectivity index (χ1n) is 7.33. The van der Waals surface area contributed by atoms with E-state index in [1.165, 1.54) is 19.4 Å². The molecule has 1 N–H and O–H groups in total. The third kappa shape index (κ3) is 3.14. The number of hydrogen-bond acceptors (Lipinski definition) is 4. The summed E-state index contributed by atoms with van der Waals surface area (Å²) >= 11 is 0. The van der Waals surface area contributed by atoms with Crippen LogP contribution in [0.25, 0.3) is 0 Å². The van der Waals surface area contributed by atoms with Gasteiger partial charge in [0, 0.05) is 31.4 Å². The average molecular weight is 261 g/mol. The summed E-state index contributed by atoms with van der Waals surface area (Å²) in [5, 5.41) is 3.53. The van der Waals surface area contributed by atoms with Gasteiger partial charge in [0.1, 0.15) is 0 Å². The zero-order valence-corrected chi connectivity index (χ0v) is 11.6. The zero-order valence-electron chi connectivity index (χ0n) is 11.6. The highest BCUT2D eigenvalue weighted by molar-refractivity contribution is 5.07. The summed E-state index contributed by atoms with van der Waals surface area (Å²) in [5.41, 5.74) is 1.09. The maximum atomic E-state index is 5.95. The number of nitrogens with one attached hydrogen (secondary N) is 1. The fraction of sp³-hybridized carbons (Fsp3) is 0.667. The molecule has 0 spiro atoms. The van der Waals surface area contributed by atoms with Crippen LogP contribution in [0.4, 0.5) is 0 Å². The number of nitrogens with zero attached hydrogens (tertiary/aromatic N) is 2. The Kier molecular flexibility index (Phi) is 4.11. The van der Waals surface area contributed by atoms with Crippen LogP contribution in [0.1, 0.15) is 31.5 Å². The molecule has 0 bridgehead atoms. The van der Waals surface area contributed by atoms with Gasteiger partial charge in [-0.05, 0) is 38.4 Å². The van der Waals surface area contributed by atoms with E-state index in [0.717, 1.165) is 25.4 Å². The predicted octanol–water partition coefficient (Wildman–Crippen LogP) is 1.60. The Morgan fingerprint density at radius 3 is 3.32 bits per heavy atom. The van der Waals surface area contributed by atoms with Crippen molar-refractivity contribution < 1.29 is 4.74 Å². The predicted molar refractivity (Wildman–Crippen MR) is 75.0 cm³/mol. The van der Waals surface area contributed by atoms with Crippen molar-refractivity contribution >= 4 is 0 Å². The van der Waals surface area contributed by atoms with Crippen molar-refractivity contribution in [3.8, 4) is 0 Å². The van der Waals surface area contributed by atoms with Crippen LogP contribution in [0, 0.1) is 0 Å². The van der Waals surface area contributed by atoms with Gasteiger partial charge < -0.3 is 10.1 Å².